The van der Waals surface area contributed by atoms with E-state index in [1.54, 1.807) is 12.1 Å². The van der Waals surface area contributed by atoms with Crippen LogP contribution in [-0.4, -0.2) is 35.0 Å². The van der Waals surface area contributed by atoms with Crippen LogP contribution in [0.3, 0.4) is 0 Å². The number of hydrogen-bond donors (Lipinski definition) is 1. The lowest BCUT2D eigenvalue weighted by Crippen LogP contribution is -2.38. The lowest BCUT2D eigenvalue weighted by molar-refractivity contribution is 0.0681. The minimum Gasteiger partial charge on any atom is -0.478 e. The van der Waals surface area contributed by atoms with Crippen molar-refractivity contribution in [3.8, 4) is 0 Å². The molecule has 0 saturated carbocycles. The van der Waals surface area contributed by atoms with Gasteiger partial charge in [-0.2, -0.15) is 0 Å². The molecule has 1 amide bonds. The molecule has 126 valence electrons. The molecule has 1 saturated heterocycles. The molecule has 2 aromatic rings. The van der Waals surface area contributed by atoms with E-state index < -0.39 is 5.97 Å². The van der Waals surface area contributed by atoms with Crippen molar-refractivity contribution in [2.75, 3.05) is 13.1 Å². The first-order valence-corrected chi connectivity index (χ1v) is 9.17. The zero-order valence-corrected chi connectivity index (χ0v) is 14.5. The Morgan fingerprint density at radius 2 is 1.92 bits per heavy atom. The van der Waals surface area contributed by atoms with Gasteiger partial charge in [-0.3, -0.25) is 4.79 Å². The second-order valence-electron chi connectivity index (χ2n) is 6.09. The number of likely N-dealkylation sites (tertiary alicyclic amines) is 1. The van der Waals surface area contributed by atoms with Gasteiger partial charge in [0.1, 0.15) is 0 Å². The van der Waals surface area contributed by atoms with E-state index in [2.05, 4.69) is 6.92 Å². The molecule has 5 heteroatoms. The number of carbonyl (C=O) groups is 2. The number of thiophene rings is 1. The van der Waals surface area contributed by atoms with E-state index in [0.29, 0.717) is 18.7 Å². The Morgan fingerprint density at radius 1 is 1.21 bits per heavy atom. The fourth-order valence-electron chi connectivity index (χ4n) is 3.39. The number of piperidine rings is 1. The average molecular weight is 343 g/mol. The van der Waals surface area contributed by atoms with Gasteiger partial charge < -0.3 is 10.0 Å². The molecule has 1 aliphatic rings. The molecule has 0 atom stereocenters. The SMILES string of the molecule is CCc1ccsc1C(=O)N1CCC(c2ccccc2C(=O)O)CC1. The van der Waals surface area contributed by atoms with Crippen molar-refractivity contribution in [2.24, 2.45) is 0 Å². The summed E-state index contributed by atoms with van der Waals surface area (Å²) >= 11 is 1.51. The molecular weight excluding hydrogens is 322 g/mol. The molecule has 1 aromatic carbocycles. The number of hydrogen-bond acceptors (Lipinski definition) is 3. The number of amides is 1. The van der Waals surface area contributed by atoms with Gasteiger partial charge in [0.25, 0.3) is 5.91 Å². The Labute approximate surface area is 145 Å². The molecule has 3 rings (SSSR count). The maximum Gasteiger partial charge on any atom is 0.335 e. The highest BCUT2D eigenvalue weighted by Crippen LogP contribution is 2.31. The van der Waals surface area contributed by atoms with Crippen molar-refractivity contribution in [2.45, 2.75) is 32.1 Å². The van der Waals surface area contributed by atoms with Crippen LogP contribution in [0.15, 0.2) is 35.7 Å². The predicted molar refractivity (Wildman–Crippen MR) is 95.0 cm³/mol. The number of aromatic carboxylic acids is 1. The van der Waals surface area contributed by atoms with E-state index in [9.17, 15) is 14.7 Å². The zero-order chi connectivity index (χ0) is 17.1. The predicted octanol–water partition coefficient (Wildman–Crippen LogP) is 4.03. The third-order valence-electron chi connectivity index (χ3n) is 4.74. The molecule has 1 fully saturated rings. The molecule has 1 N–H and O–H groups in total. The molecule has 0 bridgehead atoms. The van der Waals surface area contributed by atoms with Gasteiger partial charge in [0.2, 0.25) is 0 Å². The summed E-state index contributed by atoms with van der Waals surface area (Å²) in [6.45, 7) is 3.42. The molecule has 1 aromatic heterocycles. The lowest BCUT2D eigenvalue weighted by atomic mass is 9.86. The second kappa shape index (κ2) is 7.18. The third kappa shape index (κ3) is 3.22. The van der Waals surface area contributed by atoms with Crippen molar-refractivity contribution in [1.82, 2.24) is 4.90 Å². The quantitative estimate of drug-likeness (QED) is 0.912. The van der Waals surface area contributed by atoms with Gasteiger partial charge in [-0.25, -0.2) is 4.79 Å². The molecule has 0 aliphatic carbocycles. The van der Waals surface area contributed by atoms with E-state index >= 15 is 0 Å². The highest BCUT2D eigenvalue weighted by Gasteiger charge is 2.28. The highest BCUT2D eigenvalue weighted by molar-refractivity contribution is 7.12. The zero-order valence-electron chi connectivity index (χ0n) is 13.7. The van der Waals surface area contributed by atoms with Crippen LogP contribution in [0.25, 0.3) is 0 Å². The van der Waals surface area contributed by atoms with Gasteiger partial charge in [0, 0.05) is 13.1 Å². The number of carboxylic acid groups (broad SMARTS) is 1. The number of aryl methyl sites for hydroxylation is 1. The summed E-state index contributed by atoms with van der Waals surface area (Å²) in [5.41, 5.74) is 2.39. The van der Waals surface area contributed by atoms with E-state index in [1.807, 2.05) is 28.5 Å². The van der Waals surface area contributed by atoms with Crippen molar-refractivity contribution < 1.29 is 14.7 Å². The first-order valence-electron chi connectivity index (χ1n) is 8.29. The molecule has 4 nitrogen and oxygen atoms in total. The van der Waals surface area contributed by atoms with Gasteiger partial charge in [-0.15, -0.1) is 11.3 Å². The first kappa shape index (κ1) is 16.7. The number of carbonyl (C=O) groups excluding carboxylic acids is 1. The average Bonchev–Trinajstić information content (AvgIpc) is 3.10. The van der Waals surface area contributed by atoms with Crippen molar-refractivity contribution in [3.63, 3.8) is 0 Å². The van der Waals surface area contributed by atoms with Gasteiger partial charge >= 0.3 is 5.97 Å². The van der Waals surface area contributed by atoms with Gasteiger partial charge in [-0.05, 0) is 53.8 Å². The number of carboxylic acids is 1. The molecule has 2 heterocycles. The second-order valence-corrected chi connectivity index (χ2v) is 7.00. The van der Waals surface area contributed by atoms with Crippen LogP contribution in [-0.2, 0) is 6.42 Å². The summed E-state index contributed by atoms with van der Waals surface area (Å²) in [5, 5.41) is 11.3. The lowest BCUT2D eigenvalue weighted by Gasteiger charge is -2.32. The molecule has 1 aliphatic heterocycles. The van der Waals surface area contributed by atoms with Crippen LogP contribution >= 0.6 is 11.3 Å². The van der Waals surface area contributed by atoms with E-state index in [0.717, 1.165) is 35.3 Å². The minimum absolute atomic E-state index is 0.117. The molecule has 24 heavy (non-hydrogen) atoms. The van der Waals surface area contributed by atoms with Crippen LogP contribution in [0.1, 0.15) is 56.8 Å². The topological polar surface area (TPSA) is 57.6 Å². The van der Waals surface area contributed by atoms with Gasteiger partial charge in [-0.1, -0.05) is 25.1 Å². The van der Waals surface area contributed by atoms with Crippen LogP contribution in [0.5, 0.6) is 0 Å². The minimum atomic E-state index is -0.879. The van der Waals surface area contributed by atoms with Crippen LogP contribution in [0, 0.1) is 0 Å². The summed E-state index contributed by atoms with van der Waals surface area (Å²) in [6.07, 6.45) is 2.48. The number of rotatable bonds is 4. The van der Waals surface area contributed by atoms with Crippen molar-refractivity contribution >= 4 is 23.2 Å². The number of benzene rings is 1. The fraction of sp³-hybridized carbons (Fsp3) is 0.368. The van der Waals surface area contributed by atoms with Crippen LogP contribution in [0.4, 0.5) is 0 Å². The van der Waals surface area contributed by atoms with Crippen molar-refractivity contribution in [1.29, 1.82) is 0 Å². The van der Waals surface area contributed by atoms with Gasteiger partial charge in [0.05, 0.1) is 10.4 Å². The van der Waals surface area contributed by atoms with Crippen LogP contribution < -0.4 is 0 Å². The van der Waals surface area contributed by atoms with Crippen LogP contribution in [0.2, 0.25) is 0 Å². The normalized spacial score (nSPS) is 15.5. The highest BCUT2D eigenvalue weighted by atomic mass is 32.1. The Hall–Kier alpha value is -2.14. The maximum absolute atomic E-state index is 12.7. The Bertz CT molecular complexity index is 745. The third-order valence-corrected chi connectivity index (χ3v) is 5.68. The summed E-state index contributed by atoms with van der Waals surface area (Å²) in [4.78, 5) is 26.9. The van der Waals surface area contributed by atoms with Gasteiger partial charge in [0.15, 0.2) is 0 Å². The number of nitrogens with zero attached hydrogens (tertiary/aromatic N) is 1. The largest absolute Gasteiger partial charge is 0.478 e. The Kier molecular flexibility index (Phi) is 5.00. The molecule has 0 unspecified atom stereocenters. The molecule has 0 spiro atoms. The first-order chi connectivity index (χ1) is 11.6. The smallest absolute Gasteiger partial charge is 0.335 e. The Balaban J connectivity index is 1.70. The summed E-state index contributed by atoms with van der Waals surface area (Å²) in [5.74, 6) is -0.558. The maximum atomic E-state index is 12.7. The Morgan fingerprint density at radius 3 is 2.58 bits per heavy atom. The molecular formula is C19H21NO3S. The monoisotopic (exact) mass is 343 g/mol. The van der Waals surface area contributed by atoms with E-state index in [1.165, 1.54) is 11.3 Å². The standard InChI is InChI=1S/C19H21NO3S/c1-2-13-9-12-24-17(13)18(21)20-10-7-14(8-11-20)15-5-3-4-6-16(15)19(22)23/h3-6,9,12,14H,2,7-8,10-11H2,1H3,(H,22,23). The fourth-order valence-corrected chi connectivity index (χ4v) is 4.35. The van der Waals surface area contributed by atoms with E-state index in [4.69, 9.17) is 0 Å². The summed E-state index contributed by atoms with van der Waals surface area (Å²) in [6, 6.07) is 9.23. The van der Waals surface area contributed by atoms with Crippen molar-refractivity contribution in [3.05, 3.63) is 57.3 Å². The summed E-state index contributed by atoms with van der Waals surface area (Å²) in [7, 11) is 0. The van der Waals surface area contributed by atoms with E-state index in [-0.39, 0.29) is 11.8 Å². The molecule has 0 radical (unpaired) electrons. The summed E-state index contributed by atoms with van der Waals surface area (Å²) < 4.78 is 0.